The predicted octanol–water partition coefficient (Wildman–Crippen LogP) is 3.12. The quantitative estimate of drug-likeness (QED) is 0.751. The smallest absolute Gasteiger partial charge is 0.260 e. The summed E-state index contributed by atoms with van der Waals surface area (Å²) in [6, 6.07) is 7.95. The molecule has 0 spiro atoms. The molecule has 0 unspecified atom stereocenters. The van der Waals surface area contributed by atoms with Crippen LogP contribution in [0.3, 0.4) is 0 Å². The Hall–Kier alpha value is -2.04. The molecule has 0 saturated carbocycles. The van der Waals surface area contributed by atoms with Gasteiger partial charge in [-0.25, -0.2) is 0 Å². The zero-order valence-corrected chi connectivity index (χ0v) is 16.4. The molecule has 5 heteroatoms. The van der Waals surface area contributed by atoms with Crippen molar-refractivity contribution in [1.29, 1.82) is 0 Å². The van der Waals surface area contributed by atoms with Crippen molar-refractivity contribution in [2.75, 3.05) is 32.8 Å². The topological polar surface area (TPSA) is 49.9 Å². The monoisotopic (exact) mass is 360 g/mol. The van der Waals surface area contributed by atoms with Crippen LogP contribution in [0.1, 0.15) is 45.6 Å². The SMILES string of the molecule is CCCc1ccc(OCC(=O)N2CCCN(C(=O)CC(C)C)CC2)cc1. The number of hydrogen-bond donors (Lipinski definition) is 0. The fraction of sp³-hybridized carbons (Fsp3) is 0.619. The zero-order valence-electron chi connectivity index (χ0n) is 16.4. The summed E-state index contributed by atoms with van der Waals surface area (Å²) in [7, 11) is 0. The Morgan fingerprint density at radius 1 is 1.00 bits per heavy atom. The molecule has 26 heavy (non-hydrogen) atoms. The molecule has 2 amide bonds. The number of rotatable bonds is 7. The second-order valence-corrected chi connectivity index (χ2v) is 7.40. The molecule has 0 radical (unpaired) electrons. The highest BCUT2D eigenvalue weighted by Crippen LogP contribution is 2.14. The lowest BCUT2D eigenvalue weighted by Gasteiger charge is -2.23. The minimum absolute atomic E-state index is 0.0132. The third kappa shape index (κ3) is 6.36. The van der Waals surface area contributed by atoms with Crippen LogP contribution in [0.15, 0.2) is 24.3 Å². The average molecular weight is 360 g/mol. The molecule has 0 bridgehead atoms. The van der Waals surface area contributed by atoms with Gasteiger partial charge >= 0.3 is 0 Å². The summed E-state index contributed by atoms with van der Waals surface area (Å²) >= 11 is 0. The highest BCUT2D eigenvalue weighted by atomic mass is 16.5. The van der Waals surface area contributed by atoms with Crippen LogP contribution in [0.25, 0.3) is 0 Å². The molecule has 1 aromatic carbocycles. The van der Waals surface area contributed by atoms with E-state index in [0.717, 1.165) is 31.6 Å². The van der Waals surface area contributed by atoms with Crippen LogP contribution in [0.2, 0.25) is 0 Å². The Bertz CT molecular complexity index is 583. The molecule has 144 valence electrons. The first kappa shape index (κ1) is 20.3. The van der Waals surface area contributed by atoms with Crippen molar-refractivity contribution in [3.63, 3.8) is 0 Å². The summed E-state index contributed by atoms with van der Waals surface area (Å²) in [6.45, 7) is 8.92. The van der Waals surface area contributed by atoms with Gasteiger partial charge in [-0.05, 0) is 36.5 Å². The van der Waals surface area contributed by atoms with Crippen molar-refractivity contribution >= 4 is 11.8 Å². The molecule has 1 heterocycles. The third-order valence-corrected chi connectivity index (χ3v) is 4.61. The van der Waals surface area contributed by atoms with Crippen LogP contribution in [-0.2, 0) is 16.0 Å². The second-order valence-electron chi connectivity index (χ2n) is 7.40. The fourth-order valence-electron chi connectivity index (χ4n) is 3.17. The van der Waals surface area contributed by atoms with Crippen LogP contribution >= 0.6 is 0 Å². The Balaban J connectivity index is 1.79. The Morgan fingerprint density at radius 3 is 2.19 bits per heavy atom. The highest BCUT2D eigenvalue weighted by molar-refractivity contribution is 5.78. The maximum absolute atomic E-state index is 12.4. The molecule has 1 aliphatic heterocycles. The van der Waals surface area contributed by atoms with E-state index in [2.05, 4.69) is 20.8 Å². The summed E-state index contributed by atoms with van der Waals surface area (Å²) in [6.07, 6.45) is 3.57. The van der Waals surface area contributed by atoms with Gasteiger partial charge < -0.3 is 14.5 Å². The Kier molecular flexibility index (Phi) is 7.95. The number of carbonyl (C=O) groups is 2. The minimum atomic E-state index is -0.0132. The van der Waals surface area contributed by atoms with Crippen LogP contribution in [0, 0.1) is 5.92 Å². The molecule has 1 aliphatic rings. The normalized spacial score (nSPS) is 15.1. The predicted molar refractivity (Wildman–Crippen MR) is 103 cm³/mol. The summed E-state index contributed by atoms with van der Waals surface area (Å²) in [5, 5.41) is 0. The van der Waals surface area contributed by atoms with Crippen molar-refractivity contribution in [2.45, 2.75) is 46.5 Å². The molecule has 1 fully saturated rings. The van der Waals surface area contributed by atoms with Gasteiger partial charge in [0.2, 0.25) is 5.91 Å². The van der Waals surface area contributed by atoms with E-state index >= 15 is 0 Å². The molecule has 5 nitrogen and oxygen atoms in total. The van der Waals surface area contributed by atoms with Gasteiger partial charge in [-0.15, -0.1) is 0 Å². The van der Waals surface area contributed by atoms with E-state index in [-0.39, 0.29) is 18.4 Å². The van der Waals surface area contributed by atoms with Crippen LogP contribution in [0.5, 0.6) is 5.75 Å². The first-order chi connectivity index (χ1) is 12.5. The van der Waals surface area contributed by atoms with Crippen molar-refractivity contribution in [3.05, 3.63) is 29.8 Å². The zero-order chi connectivity index (χ0) is 18.9. The number of benzene rings is 1. The van der Waals surface area contributed by atoms with Gasteiger partial charge in [0.1, 0.15) is 5.75 Å². The number of amides is 2. The van der Waals surface area contributed by atoms with E-state index in [9.17, 15) is 9.59 Å². The highest BCUT2D eigenvalue weighted by Gasteiger charge is 2.22. The first-order valence-electron chi connectivity index (χ1n) is 9.77. The van der Waals surface area contributed by atoms with Crippen molar-refractivity contribution in [2.24, 2.45) is 5.92 Å². The molecule has 1 aromatic rings. The molecule has 2 rings (SSSR count). The first-order valence-corrected chi connectivity index (χ1v) is 9.77. The molecule has 0 aromatic heterocycles. The number of nitrogens with zero attached hydrogens (tertiary/aromatic N) is 2. The van der Waals surface area contributed by atoms with Gasteiger partial charge in [0.25, 0.3) is 5.91 Å². The summed E-state index contributed by atoms with van der Waals surface area (Å²) in [5.74, 6) is 1.26. The van der Waals surface area contributed by atoms with Gasteiger partial charge in [-0.2, -0.15) is 0 Å². The maximum Gasteiger partial charge on any atom is 0.260 e. The number of aryl methyl sites for hydroxylation is 1. The second kappa shape index (κ2) is 10.2. The van der Waals surface area contributed by atoms with Crippen LogP contribution < -0.4 is 4.74 Å². The third-order valence-electron chi connectivity index (χ3n) is 4.61. The van der Waals surface area contributed by atoms with E-state index in [1.54, 1.807) is 0 Å². The van der Waals surface area contributed by atoms with E-state index < -0.39 is 0 Å². The standard InChI is InChI=1S/C21H32N2O3/c1-4-6-18-7-9-19(10-8-18)26-16-21(25)23-12-5-11-22(13-14-23)20(24)15-17(2)3/h7-10,17H,4-6,11-16H2,1-3H3. The lowest BCUT2D eigenvalue weighted by Crippen LogP contribution is -2.39. The van der Waals surface area contributed by atoms with E-state index in [1.165, 1.54) is 5.56 Å². The number of hydrogen-bond acceptors (Lipinski definition) is 3. The summed E-state index contributed by atoms with van der Waals surface area (Å²) in [4.78, 5) is 28.4. The molecule has 0 N–H and O–H groups in total. The summed E-state index contributed by atoms with van der Waals surface area (Å²) < 4.78 is 5.65. The van der Waals surface area contributed by atoms with E-state index in [1.807, 2.05) is 34.1 Å². The van der Waals surface area contributed by atoms with Gasteiger partial charge in [-0.3, -0.25) is 9.59 Å². The Labute approximate surface area is 157 Å². The largest absolute Gasteiger partial charge is 0.484 e. The average Bonchev–Trinajstić information content (AvgIpc) is 2.87. The number of carbonyl (C=O) groups excluding carboxylic acids is 2. The van der Waals surface area contributed by atoms with Crippen molar-refractivity contribution < 1.29 is 14.3 Å². The van der Waals surface area contributed by atoms with Crippen LogP contribution in [0.4, 0.5) is 0 Å². The molecular formula is C21H32N2O3. The minimum Gasteiger partial charge on any atom is -0.484 e. The number of ether oxygens (including phenoxy) is 1. The summed E-state index contributed by atoms with van der Waals surface area (Å²) in [5.41, 5.74) is 1.28. The van der Waals surface area contributed by atoms with Crippen molar-refractivity contribution in [1.82, 2.24) is 9.80 Å². The van der Waals surface area contributed by atoms with Gasteiger partial charge in [0, 0.05) is 32.6 Å². The fourth-order valence-corrected chi connectivity index (χ4v) is 3.17. The molecular weight excluding hydrogens is 328 g/mol. The van der Waals surface area contributed by atoms with Crippen LogP contribution in [-0.4, -0.2) is 54.4 Å². The van der Waals surface area contributed by atoms with E-state index in [4.69, 9.17) is 4.74 Å². The van der Waals surface area contributed by atoms with Gasteiger partial charge in [-0.1, -0.05) is 39.3 Å². The maximum atomic E-state index is 12.4. The Morgan fingerprint density at radius 2 is 1.62 bits per heavy atom. The van der Waals surface area contributed by atoms with Gasteiger partial charge in [0.05, 0.1) is 0 Å². The molecule has 0 atom stereocenters. The van der Waals surface area contributed by atoms with Crippen molar-refractivity contribution in [3.8, 4) is 5.75 Å². The van der Waals surface area contributed by atoms with Gasteiger partial charge in [0.15, 0.2) is 6.61 Å². The molecule has 1 saturated heterocycles. The lowest BCUT2D eigenvalue weighted by molar-refractivity contribution is -0.135. The molecule has 0 aliphatic carbocycles. The van der Waals surface area contributed by atoms with E-state index in [0.29, 0.717) is 32.0 Å². The lowest BCUT2D eigenvalue weighted by atomic mass is 10.1.